The summed E-state index contributed by atoms with van der Waals surface area (Å²) >= 11 is 0. The van der Waals surface area contributed by atoms with Crippen LogP contribution in [0.2, 0.25) is 0 Å². The number of carbonyl (C=O) groups excluding carboxylic acids is 3. The zero-order valence-electron chi connectivity index (χ0n) is 23.1. The van der Waals surface area contributed by atoms with E-state index in [-0.39, 0.29) is 29.8 Å². The highest BCUT2D eigenvalue weighted by atomic mass is 16.6. The first kappa shape index (κ1) is 26.5. The summed E-state index contributed by atoms with van der Waals surface area (Å²) in [6.07, 6.45) is 1.58. The lowest BCUT2D eigenvalue weighted by Crippen LogP contribution is -2.54. The molecule has 8 rings (SSSR count). The lowest BCUT2D eigenvalue weighted by Gasteiger charge is -2.52. The number of nitro benzene ring substituents is 1. The molecule has 1 aliphatic heterocycles. The summed E-state index contributed by atoms with van der Waals surface area (Å²) in [5.74, 6) is -2.65. The fraction of sp³-hybridized carbons (Fsp3) is 0.176. The van der Waals surface area contributed by atoms with Gasteiger partial charge in [0.2, 0.25) is 17.7 Å². The van der Waals surface area contributed by atoms with E-state index in [1.807, 2.05) is 67.6 Å². The summed E-state index contributed by atoms with van der Waals surface area (Å²) in [5.41, 5.74) is 7.31. The molecule has 3 amide bonds. The highest BCUT2D eigenvalue weighted by Crippen LogP contribution is 2.63. The van der Waals surface area contributed by atoms with Crippen LogP contribution in [0.15, 0.2) is 102 Å². The summed E-state index contributed by atoms with van der Waals surface area (Å²) in [5, 5.41) is 15.4. The Labute approximate surface area is 247 Å². The number of nitrogens with zero attached hydrogens (tertiary/aromatic N) is 3. The Morgan fingerprint density at radius 3 is 2.12 bits per heavy atom. The zero-order chi connectivity index (χ0) is 29.9. The maximum Gasteiger partial charge on any atom is 0.269 e. The first-order chi connectivity index (χ1) is 20.8. The quantitative estimate of drug-likeness (QED) is 0.155. The minimum atomic E-state index is -1.10. The van der Waals surface area contributed by atoms with Gasteiger partial charge in [-0.05, 0) is 46.9 Å². The second-order valence-corrected chi connectivity index (χ2v) is 11.3. The van der Waals surface area contributed by atoms with E-state index in [9.17, 15) is 24.5 Å². The van der Waals surface area contributed by atoms with Crippen LogP contribution in [-0.2, 0) is 26.2 Å². The Kier molecular flexibility index (Phi) is 6.05. The van der Waals surface area contributed by atoms with Crippen molar-refractivity contribution in [3.63, 3.8) is 0 Å². The van der Waals surface area contributed by atoms with Crippen LogP contribution in [0.5, 0.6) is 0 Å². The van der Waals surface area contributed by atoms with Gasteiger partial charge in [0.05, 0.1) is 34.3 Å². The van der Waals surface area contributed by atoms with Gasteiger partial charge >= 0.3 is 0 Å². The van der Waals surface area contributed by atoms with Crippen LogP contribution >= 0.6 is 0 Å². The van der Waals surface area contributed by atoms with E-state index in [1.165, 1.54) is 29.2 Å². The predicted octanol–water partition coefficient (Wildman–Crippen LogP) is 4.80. The molecule has 0 unspecified atom stereocenters. The van der Waals surface area contributed by atoms with Crippen LogP contribution in [-0.4, -0.2) is 28.9 Å². The van der Waals surface area contributed by atoms with Crippen LogP contribution in [0.25, 0.3) is 0 Å². The van der Waals surface area contributed by atoms with Crippen molar-refractivity contribution in [2.75, 3.05) is 4.90 Å². The van der Waals surface area contributed by atoms with E-state index in [1.54, 1.807) is 18.3 Å². The number of hydrogen-bond acceptors (Lipinski definition) is 6. The van der Waals surface area contributed by atoms with Gasteiger partial charge in [-0.3, -0.25) is 24.5 Å². The molecule has 0 spiro atoms. The second kappa shape index (κ2) is 9.84. The molecule has 0 aromatic heterocycles. The molecule has 1 heterocycles. The lowest BCUT2D eigenvalue weighted by atomic mass is 9.47. The summed E-state index contributed by atoms with van der Waals surface area (Å²) in [4.78, 5) is 53.2. The van der Waals surface area contributed by atoms with Crippen molar-refractivity contribution in [1.82, 2.24) is 5.43 Å². The molecule has 4 aromatic rings. The van der Waals surface area contributed by atoms with E-state index < -0.39 is 28.1 Å². The fourth-order valence-corrected chi connectivity index (χ4v) is 7.16. The number of non-ortho nitro benzene ring substituents is 1. The molecule has 4 aliphatic rings. The van der Waals surface area contributed by atoms with Crippen molar-refractivity contribution in [3.05, 3.63) is 141 Å². The van der Waals surface area contributed by atoms with Crippen LogP contribution < -0.4 is 10.3 Å². The molecule has 2 atom stereocenters. The summed E-state index contributed by atoms with van der Waals surface area (Å²) in [6.45, 7) is 1.95. The summed E-state index contributed by atoms with van der Waals surface area (Å²) < 4.78 is 0. The monoisotopic (exact) mass is 570 g/mol. The minimum absolute atomic E-state index is 0.0394. The van der Waals surface area contributed by atoms with E-state index in [4.69, 9.17) is 0 Å². The fourth-order valence-electron chi connectivity index (χ4n) is 7.16. The first-order valence-electron chi connectivity index (χ1n) is 14.0. The number of nitrogens with one attached hydrogen (secondary N) is 1. The third-order valence-electron chi connectivity index (χ3n) is 8.95. The van der Waals surface area contributed by atoms with Crippen LogP contribution in [0, 0.1) is 28.9 Å². The van der Waals surface area contributed by atoms with E-state index in [2.05, 4.69) is 10.5 Å². The normalized spacial score (nSPS) is 23.2. The number of carbonyl (C=O) groups is 3. The molecule has 1 saturated heterocycles. The number of imide groups is 1. The molecular weight excluding hydrogens is 544 g/mol. The Hall–Kier alpha value is -5.44. The number of hydrazone groups is 1. The second-order valence-electron chi connectivity index (χ2n) is 11.3. The van der Waals surface area contributed by atoms with Crippen molar-refractivity contribution in [2.24, 2.45) is 16.9 Å². The van der Waals surface area contributed by atoms with E-state index in [0.29, 0.717) is 11.3 Å². The Bertz CT molecular complexity index is 1800. The summed E-state index contributed by atoms with van der Waals surface area (Å²) in [7, 11) is 0. The van der Waals surface area contributed by atoms with Gasteiger partial charge in [-0.2, -0.15) is 5.10 Å². The lowest BCUT2D eigenvalue weighted by molar-refractivity contribution is -0.384. The number of amides is 3. The molecule has 1 fully saturated rings. The van der Waals surface area contributed by atoms with Gasteiger partial charge in [-0.15, -0.1) is 0 Å². The number of hydrogen-bond donors (Lipinski definition) is 1. The highest BCUT2D eigenvalue weighted by Gasteiger charge is 2.68. The molecule has 3 aliphatic carbocycles. The topological polar surface area (TPSA) is 122 Å². The largest absolute Gasteiger partial charge is 0.274 e. The molecule has 4 aromatic carbocycles. The Balaban J connectivity index is 1.30. The average molecular weight is 571 g/mol. The number of rotatable bonds is 6. The van der Waals surface area contributed by atoms with Gasteiger partial charge in [0.15, 0.2) is 0 Å². The molecule has 0 saturated carbocycles. The van der Waals surface area contributed by atoms with Crippen molar-refractivity contribution < 1.29 is 19.3 Å². The van der Waals surface area contributed by atoms with Gasteiger partial charge < -0.3 is 0 Å². The van der Waals surface area contributed by atoms with Crippen molar-refractivity contribution in [2.45, 2.75) is 24.7 Å². The molecule has 43 heavy (non-hydrogen) atoms. The van der Waals surface area contributed by atoms with Crippen LogP contribution in [0.3, 0.4) is 0 Å². The van der Waals surface area contributed by atoms with Crippen molar-refractivity contribution in [3.8, 4) is 0 Å². The van der Waals surface area contributed by atoms with Crippen LogP contribution in [0.1, 0.15) is 39.3 Å². The van der Waals surface area contributed by atoms with Gasteiger partial charge in [-0.25, -0.2) is 10.3 Å². The molecule has 2 bridgehead atoms. The minimum Gasteiger partial charge on any atom is -0.274 e. The van der Waals surface area contributed by atoms with Gasteiger partial charge in [0.1, 0.15) is 0 Å². The van der Waals surface area contributed by atoms with Crippen molar-refractivity contribution in [1.29, 1.82) is 0 Å². The molecule has 9 heteroatoms. The van der Waals surface area contributed by atoms with E-state index in [0.717, 1.165) is 27.8 Å². The molecule has 0 radical (unpaired) electrons. The zero-order valence-corrected chi connectivity index (χ0v) is 23.1. The average Bonchev–Trinajstić information content (AvgIpc) is 3.28. The number of nitro groups is 1. The van der Waals surface area contributed by atoms with Gasteiger partial charge in [0, 0.05) is 24.3 Å². The number of benzene rings is 4. The Morgan fingerprint density at radius 1 is 0.907 bits per heavy atom. The number of anilines is 1. The predicted molar refractivity (Wildman–Crippen MR) is 160 cm³/mol. The molecule has 1 N–H and O–H groups in total. The molecular formula is C34H26N4O5. The smallest absolute Gasteiger partial charge is 0.269 e. The standard InChI is InChI=1S/C34H26N4O5/c1-20-10-14-22(15-11-20)37-32(40)30-29-24-6-2-4-8-26(24)34(31(30)33(37)41,27-9-5-3-7-25(27)29)19-35-36-28(39)18-21-12-16-23(17-13-21)38(42)43/h2-17,19,29-31H,18H2,1H3,(H,36,39)/b35-19-/t29?,30-,31-,34?/m1/s1. The van der Waals surface area contributed by atoms with Crippen LogP contribution in [0.4, 0.5) is 11.4 Å². The Morgan fingerprint density at radius 2 is 1.51 bits per heavy atom. The SMILES string of the molecule is Cc1ccc(N2C(=O)[C@@H]3C4c5ccccc5C(/C=N\NC(=O)Cc5ccc([N+](=O)[O-])cc5)(c5ccccc54)[C@H]3C2=O)cc1. The highest BCUT2D eigenvalue weighted by molar-refractivity contribution is 6.25. The maximum absolute atomic E-state index is 14.4. The molecule has 212 valence electrons. The van der Waals surface area contributed by atoms with Gasteiger partial charge in [-0.1, -0.05) is 78.4 Å². The number of aryl methyl sites for hydroxylation is 1. The van der Waals surface area contributed by atoms with E-state index >= 15 is 0 Å². The maximum atomic E-state index is 14.4. The first-order valence-corrected chi connectivity index (χ1v) is 14.0. The third-order valence-corrected chi connectivity index (χ3v) is 8.95. The molecule has 9 nitrogen and oxygen atoms in total. The van der Waals surface area contributed by atoms with Gasteiger partial charge in [0.25, 0.3) is 5.69 Å². The third kappa shape index (κ3) is 3.92. The van der Waals surface area contributed by atoms with Crippen molar-refractivity contribution >= 4 is 35.3 Å². The summed E-state index contributed by atoms with van der Waals surface area (Å²) in [6, 6.07) is 28.8.